The van der Waals surface area contributed by atoms with Crippen molar-refractivity contribution < 1.29 is 9.47 Å². The van der Waals surface area contributed by atoms with Gasteiger partial charge in [0.25, 0.3) is 0 Å². The molecule has 41 heavy (non-hydrogen) atoms. The maximum atomic E-state index is 5.65. The number of ether oxygens (including phenoxy) is 2. The predicted octanol–water partition coefficient (Wildman–Crippen LogP) is 4.19. The number of hydrogen-bond donors (Lipinski definition) is 0. The maximum absolute atomic E-state index is 5.65. The van der Waals surface area contributed by atoms with Gasteiger partial charge in [0.2, 0.25) is 5.95 Å². The lowest BCUT2D eigenvalue weighted by Crippen LogP contribution is -2.51. The molecule has 0 spiro atoms. The van der Waals surface area contributed by atoms with E-state index >= 15 is 0 Å². The molecule has 7 rings (SSSR count). The van der Waals surface area contributed by atoms with Crippen molar-refractivity contribution in [2.24, 2.45) is 7.05 Å². The Kier molecular flexibility index (Phi) is 7.67. The molecule has 0 atom stereocenters. The van der Waals surface area contributed by atoms with E-state index in [0.29, 0.717) is 18.0 Å². The van der Waals surface area contributed by atoms with Gasteiger partial charge in [0.15, 0.2) is 0 Å². The Labute approximate surface area is 244 Å². The average Bonchev–Trinajstić information content (AvgIpc) is 3.33. The van der Waals surface area contributed by atoms with Gasteiger partial charge in [0.05, 0.1) is 43.5 Å². The molecule has 4 aliphatic heterocycles. The van der Waals surface area contributed by atoms with E-state index in [4.69, 9.17) is 14.5 Å². The van der Waals surface area contributed by atoms with Crippen molar-refractivity contribution in [1.29, 1.82) is 0 Å². The summed E-state index contributed by atoms with van der Waals surface area (Å²) >= 11 is 0. The van der Waals surface area contributed by atoms with Gasteiger partial charge in [0.1, 0.15) is 0 Å². The van der Waals surface area contributed by atoms with E-state index in [0.717, 1.165) is 84.7 Å². The minimum atomic E-state index is 0.527. The van der Waals surface area contributed by atoms with Gasteiger partial charge in [0, 0.05) is 58.0 Å². The van der Waals surface area contributed by atoms with Crippen LogP contribution in [0.15, 0.2) is 36.4 Å². The third kappa shape index (κ3) is 5.36. The van der Waals surface area contributed by atoms with Gasteiger partial charge in [-0.25, -0.2) is 4.98 Å². The number of aromatic nitrogens is 2. The molecule has 0 bridgehead atoms. The monoisotopic (exact) mass is 558 g/mol. The van der Waals surface area contributed by atoms with E-state index < -0.39 is 0 Å². The highest BCUT2D eigenvalue weighted by molar-refractivity contribution is 5.88. The first-order valence-corrected chi connectivity index (χ1v) is 15.8. The van der Waals surface area contributed by atoms with Gasteiger partial charge in [-0.2, -0.15) is 0 Å². The van der Waals surface area contributed by atoms with Crippen LogP contribution in [0.5, 0.6) is 0 Å². The summed E-state index contributed by atoms with van der Waals surface area (Å²) in [6.07, 6.45) is 2.36. The Morgan fingerprint density at radius 3 is 2.12 bits per heavy atom. The van der Waals surface area contributed by atoms with E-state index in [9.17, 15) is 0 Å². The Bertz CT molecular complexity index is 1330. The number of likely N-dealkylation sites (tertiary alicyclic amines) is 1. The number of nitrogens with zero attached hydrogens (tertiary/aromatic N) is 6. The summed E-state index contributed by atoms with van der Waals surface area (Å²) in [4.78, 5) is 15.4. The van der Waals surface area contributed by atoms with Gasteiger partial charge in [-0.05, 0) is 86.7 Å². The van der Waals surface area contributed by atoms with E-state index in [2.05, 4.69) is 81.5 Å². The Morgan fingerprint density at radius 2 is 1.49 bits per heavy atom. The van der Waals surface area contributed by atoms with E-state index in [1.165, 1.54) is 46.3 Å². The summed E-state index contributed by atoms with van der Waals surface area (Å²) in [6.45, 7) is 16.5. The van der Waals surface area contributed by atoms with Crippen molar-refractivity contribution in [1.82, 2.24) is 19.4 Å². The third-order valence-corrected chi connectivity index (χ3v) is 10.0. The van der Waals surface area contributed by atoms with Crippen molar-refractivity contribution >= 4 is 22.7 Å². The van der Waals surface area contributed by atoms with E-state index in [-0.39, 0.29) is 0 Å². The number of piperazine rings is 1. The minimum absolute atomic E-state index is 0.527. The van der Waals surface area contributed by atoms with Crippen molar-refractivity contribution in [2.75, 3.05) is 88.6 Å². The highest BCUT2D eigenvalue weighted by Gasteiger charge is 2.32. The summed E-state index contributed by atoms with van der Waals surface area (Å²) < 4.78 is 13.4. The number of hydrogen-bond acceptors (Lipinski definition) is 7. The molecule has 1 aromatic heterocycles. The molecular formula is C33H46N6O2. The average molecular weight is 559 g/mol. The first-order chi connectivity index (χ1) is 20.0. The molecule has 0 saturated carbocycles. The van der Waals surface area contributed by atoms with Crippen LogP contribution in [0.3, 0.4) is 0 Å². The highest BCUT2D eigenvalue weighted by Crippen LogP contribution is 2.39. The summed E-state index contributed by atoms with van der Waals surface area (Å²) in [6, 6.07) is 15.4. The normalized spacial score (nSPS) is 22.1. The summed E-state index contributed by atoms with van der Waals surface area (Å²) in [5, 5.41) is 0. The third-order valence-electron chi connectivity index (χ3n) is 10.0. The molecule has 4 saturated heterocycles. The maximum Gasteiger partial charge on any atom is 0.206 e. The zero-order valence-corrected chi connectivity index (χ0v) is 25.1. The van der Waals surface area contributed by atoms with Crippen LogP contribution in [0.1, 0.15) is 38.2 Å². The smallest absolute Gasteiger partial charge is 0.206 e. The van der Waals surface area contributed by atoms with Crippen molar-refractivity contribution in [3.63, 3.8) is 0 Å². The second kappa shape index (κ2) is 11.6. The summed E-state index contributed by atoms with van der Waals surface area (Å²) in [5.74, 6) is 1.60. The molecule has 8 nitrogen and oxygen atoms in total. The van der Waals surface area contributed by atoms with Gasteiger partial charge in [-0.15, -0.1) is 0 Å². The predicted molar refractivity (Wildman–Crippen MR) is 166 cm³/mol. The van der Waals surface area contributed by atoms with Crippen LogP contribution in [-0.4, -0.2) is 110 Å². The number of morpholine rings is 1. The van der Waals surface area contributed by atoms with Gasteiger partial charge < -0.3 is 23.8 Å². The fourth-order valence-electron chi connectivity index (χ4n) is 7.20. The Balaban J connectivity index is 1.19. The molecule has 8 heteroatoms. The molecule has 0 aliphatic carbocycles. The first kappa shape index (κ1) is 27.2. The molecule has 0 N–H and O–H groups in total. The molecule has 5 heterocycles. The molecule has 0 unspecified atom stereocenters. The lowest BCUT2D eigenvalue weighted by atomic mass is 9.86. The quantitative estimate of drug-likeness (QED) is 0.450. The lowest BCUT2D eigenvalue weighted by molar-refractivity contribution is -0.0712. The van der Waals surface area contributed by atoms with E-state index in [1.54, 1.807) is 0 Å². The highest BCUT2D eigenvalue weighted by atomic mass is 16.5. The lowest BCUT2D eigenvalue weighted by Gasteiger charge is -2.41. The molecule has 4 fully saturated rings. The molecular weight excluding hydrogens is 512 g/mol. The number of aryl methyl sites for hydroxylation is 1. The van der Waals surface area contributed by atoms with Crippen LogP contribution >= 0.6 is 0 Å². The van der Waals surface area contributed by atoms with Gasteiger partial charge in [-0.1, -0.05) is 12.1 Å². The molecule has 220 valence electrons. The molecule has 2 aromatic carbocycles. The molecule has 0 amide bonds. The number of imidazole rings is 1. The second-order valence-corrected chi connectivity index (χ2v) is 12.7. The number of benzene rings is 2. The Morgan fingerprint density at radius 1 is 0.780 bits per heavy atom. The summed E-state index contributed by atoms with van der Waals surface area (Å²) in [5.41, 5.74) is 7.77. The summed E-state index contributed by atoms with van der Waals surface area (Å²) in [7, 11) is 2.19. The standard InChI is InChI=1S/C33H46N6O2/c1-24(2)36-12-14-38(15-13-36)28-6-4-25(5-7-28)27-20-30(26-8-10-37(11-9-26)29-22-41-23-29)32-31(21-27)35(3)33(34-32)39-16-18-40-19-17-39/h4-7,20-21,24,26,29H,8-19,22-23H2,1-3H3. The minimum Gasteiger partial charge on any atom is -0.378 e. The number of rotatable bonds is 6. The zero-order valence-electron chi connectivity index (χ0n) is 25.1. The van der Waals surface area contributed by atoms with Gasteiger partial charge in [-0.3, -0.25) is 9.80 Å². The van der Waals surface area contributed by atoms with Crippen LogP contribution in [0.25, 0.3) is 22.2 Å². The number of fused-ring (bicyclic) bond motifs is 1. The first-order valence-electron chi connectivity index (χ1n) is 15.8. The van der Waals surface area contributed by atoms with Crippen LogP contribution in [0.4, 0.5) is 11.6 Å². The molecule has 3 aromatic rings. The topological polar surface area (TPSA) is 49.2 Å². The number of anilines is 2. The van der Waals surface area contributed by atoms with Crippen molar-refractivity contribution in [2.45, 2.75) is 44.7 Å². The fraction of sp³-hybridized carbons (Fsp3) is 0.606. The zero-order chi connectivity index (χ0) is 27.9. The SMILES string of the molecule is CC(C)N1CCN(c2ccc(-c3cc(C4CCN(C5COC5)CC4)c4nc(N5CCOCC5)n(C)c4c3)cc2)CC1. The molecule has 4 aliphatic rings. The largest absolute Gasteiger partial charge is 0.378 e. The number of piperidine rings is 1. The van der Waals surface area contributed by atoms with Crippen molar-refractivity contribution in [3.05, 3.63) is 42.0 Å². The fourth-order valence-corrected chi connectivity index (χ4v) is 7.20. The van der Waals surface area contributed by atoms with Crippen LogP contribution in [0, 0.1) is 0 Å². The second-order valence-electron chi connectivity index (χ2n) is 12.7. The van der Waals surface area contributed by atoms with Crippen LogP contribution in [0.2, 0.25) is 0 Å². The van der Waals surface area contributed by atoms with Crippen LogP contribution < -0.4 is 9.80 Å². The van der Waals surface area contributed by atoms with Crippen LogP contribution in [-0.2, 0) is 16.5 Å². The van der Waals surface area contributed by atoms with Gasteiger partial charge >= 0.3 is 0 Å². The van der Waals surface area contributed by atoms with E-state index in [1.807, 2.05) is 0 Å². The Hall–Kier alpha value is -2.65. The molecule has 0 radical (unpaired) electrons. The van der Waals surface area contributed by atoms with Crippen molar-refractivity contribution in [3.8, 4) is 11.1 Å².